The number of hydrogen-bond donors (Lipinski definition) is 0. The zero-order chi connectivity index (χ0) is 22.8. The number of esters is 1. The molecule has 0 atom stereocenters. The molecule has 33 heavy (non-hydrogen) atoms. The summed E-state index contributed by atoms with van der Waals surface area (Å²) in [5.41, 5.74) is 2.27. The van der Waals surface area contributed by atoms with Gasteiger partial charge in [-0.3, -0.25) is 0 Å². The number of ether oxygens (including phenoxy) is 2. The first-order chi connectivity index (χ1) is 16.1. The number of nitrogens with zero attached hydrogens (tertiary/aromatic N) is 1. The second-order valence-corrected chi connectivity index (χ2v) is 8.00. The molecule has 0 saturated carbocycles. The normalized spacial score (nSPS) is 10.8. The molecule has 0 amide bonds. The Labute approximate surface area is 192 Å². The van der Waals surface area contributed by atoms with Gasteiger partial charge in [0.2, 0.25) is 0 Å². The van der Waals surface area contributed by atoms with Crippen LogP contribution in [0.3, 0.4) is 0 Å². The van der Waals surface area contributed by atoms with Crippen LogP contribution in [-0.2, 0) is 0 Å². The molecule has 0 radical (unpaired) electrons. The van der Waals surface area contributed by atoms with Crippen LogP contribution in [0.1, 0.15) is 10.4 Å². The Bertz CT molecular complexity index is 1520. The van der Waals surface area contributed by atoms with Gasteiger partial charge in [-0.25, -0.2) is 14.6 Å². The van der Waals surface area contributed by atoms with Gasteiger partial charge < -0.3 is 13.9 Å². The summed E-state index contributed by atoms with van der Waals surface area (Å²) in [6, 6.07) is 23.2. The van der Waals surface area contributed by atoms with Gasteiger partial charge in [0.05, 0.1) is 18.4 Å². The van der Waals surface area contributed by atoms with E-state index in [0.717, 1.165) is 11.3 Å². The van der Waals surface area contributed by atoms with E-state index in [-0.39, 0.29) is 5.75 Å². The van der Waals surface area contributed by atoms with Crippen LogP contribution in [0.5, 0.6) is 11.5 Å². The van der Waals surface area contributed by atoms with Crippen LogP contribution in [0.4, 0.5) is 0 Å². The van der Waals surface area contributed by atoms with E-state index in [0.29, 0.717) is 32.9 Å². The molecule has 0 aliphatic heterocycles. The molecule has 0 spiro atoms. The molecule has 6 nitrogen and oxygen atoms in total. The average Bonchev–Trinajstić information content (AvgIpc) is 3.34. The molecule has 5 rings (SSSR count). The van der Waals surface area contributed by atoms with Gasteiger partial charge in [-0.1, -0.05) is 42.5 Å². The summed E-state index contributed by atoms with van der Waals surface area (Å²) in [6.07, 6.45) is 0. The highest BCUT2D eigenvalue weighted by Gasteiger charge is 2.16. The monoisotopic (exact) mass is 455 g/mol. The van der Waals surface area contributed by atoms with Crippen molar-refractivity contribution in [2.24, 2.45) is 0 Å². The van der Waals surface area contributed by atoms with Gasteiger partial charge in [0.25, 0.3) is 0 Å². The first kappa shape index (κ1) is 20.7. The second-order valence-electron chi connectivity index (χ2n) is 7.14. The fraction of sp³-hybridized carbons (Fsp3) is 0.0385. The second kappa shape index (κ2) is 8.72. The minimum absolute atomic E-state index is 0.259. The quantitative estimate of drug-likeness (QED) is 0.189. The molecule has 5 aromatic rings. The number of methoxy groups -OCH3 is 1. The third kappa shape index (κ3) is 4.14. The van der Waals surface area contributed by atoms with Crippen LogP contribution in [0, 0.1) is 0 Å². The molecule has 0 aliphatic carbocycles. The predicted molar refractivity (Wildman–Crippen MR) is 127 cm³/mol. The molecule has 162 valence electrons. The highest BCUT2D eigenvalue weighted by molar-refractivity contribution is 7.13. The zero-order valence-electron chi connectivity index (χ0n) is 17.5. The summed E-state index contributed by atoms with van der Waals surface area (Å²) in [4.78, 5) is 29.8. The van der Waals surface area contributed by atoms with E-state index in [4.69, 9.17) is 13.9 Å². The summed E-state index contributed by atoms with van der Waals surface area (Å²) in [5, 5.41) is 3.18. The molecule has 0 aliphatic rings. The number of hydrogen-bond acceptors (Lipinski definition) is 7. The minimum Gasteiger partial charge on any atom is -0.496 e. The van der Waals surface area contributed by atoms with Gasteiger partial charge >= 0.3 is 11.6 Å². The fourth-order valence-electron chi connectivity index (χ4n) is 3.42. The van der Waals surface area contributed by atoms with Crippen molar-refractivity contribution in [2.75, 3.05) is 7.11 Å². The maximum Gasteiger partial charge on any atom is 0.347 e. The molecule has 0 unspecified atom stereocenters. The number of fused-ring (bicyclic) bond motifs is 1. The molecule has 3 aromatic carbocycles. The molecule has 2 heterocycles. The lowest BCUT2D eigenvalue weighted by Crippen LogP contribution is -2.10. The zero-order valence-corrected chi connectivity index (χ0v) is 18.3. The Morgan fingerprint density at radius 2 is 1.76 bits per heavy atom. The lowest BCUT2D eigenvalue weighted by atomic mass is 10.1. The van der Waals surface area contributed by atoms with Crippen molar-refractivity contribution in [3.8, 4) is 33.3 Å². The number of para-hydroxylation sites is 1. The Kier molecular flexibility index (Phi) is 5.46. The maximum absolute atomic E-state index is 12.7. The Morgan fingerprint density at radius 1 is 0.970 bits per heavy atom. The van der Waals surface area contributed by atoms with E-state index >= 15 is 0 Å². The summed E-state index contributed by atoms with van der Waals surface area (Å²) in [5.74, 6) is 0.106. The van der Waals surface area contributed by atoms with Crippen LogP contribution in [0.25, 0.3) is 32.8 Å². The van der Waals surface area contributed by atoms with Crippen molar-refractivity contribution < 1.29 is 18.7 Å². The van der Waals surface area contributed by atoms with Gasteiger partial charge in [-0.05, 0) is 30.3 Å². The molecule has 0 bridgehead atoms. The Balaban J connectivity index is 1.44. The van der Waals surface area contributed by atoms with Crippen LogP contribution in [0.15, 0.2) is 93.5 Å². The first-order valence-electron chi connectivity index (χ1n) is 10.1. The number of benzene rings is 3. The standard InChI is InChI=1S/C26H17NO5S/c1-30-22-10-6-5-9-19(22)25(28)31-18-12-11-17-13-20(26(29)32-23(17)14-18)24-27-21(15-33-24)16-7-3-2-4-8-16/h2-15H,1H3. The minimum atomic E-state index is -0.568. The smallest absolute Gasteiger partial charge is 0.347 e. The van der Waals surface area contributed by atoms with Gasteiger partial charge in [0, 0.05) is 22.4 Å². The third-order valence-electron chi connectivity index (χ3n) is 5.05. The highest BCUT2D eigenvalue weighted by atomic mass is 32.1. The maximum atomic E-state index is 12.7. The van der Waals surface area contributed by atoms with Crippen molar-refractivity contribution in [3.63, 3.8) is 0 Å². The van der Waals surface area contributed by atoms with Crippen molar-refractivity contribution in [2.45, 2.75) is 0 Å². The Morgan fingerprint density at radius 3 is 2.58 bits per heavy atom. The largest absolute Gasteiger partial charge is 0.496 e. The summed E-state index contributed by atoms with van der Waals surface area (Å²) < 4.78 is 16.2. The summed E-state index contributed by atoms with van der Waals surface area (Å²) >= 11 is 1.38. The van der Waals surface area contributed by atoms with E-state index in [9.17, 15) is 9.59 Å². The number of aromatic nitrogens is 1. The van der Waals surface area contributed by atoms with Crippen LogP contribution in [-0.4, -0.2) is 18.1 Å². The van der Waals surface area contributed by atoms with Crippen LogP contribution in [0.2, 0.25) is 0 Å². The van der Waals surface area contributed by atoms with Gasteiger partial charge in [0.1, 0.15) is 27.7 Å². The SMILES string of the molecule is COc1ccccc1C(=O)Oc1ccc2cc(-c3nc(-c4ccccc4)cs3)c(=O)oc2c1. The molecule has 2 aromatic heterocycles. The third-order valence-corrected chi connectivity index (χ3v) is 5.92. The number of carbonyl (C=O) groups is 1. The number of rotatable bonds is 5. The predicted octanol–water partition coefficient (Wildman–Crippen LogP) is 5.81. The van der Waals surface area contributed by atoms with E-state index in [1.165, 1.54) is 24.5 Å². The van der Waals surface area contributed by atoms with Gasteiger partial charge in [-0.2, -0.15) is 0 Å². The van der Waals surface area contributed by atoms with E-state index < -0.39 is 11.6 Å². The topological polar surface area (TPSA) is 78.6 Å². The fourth-order valence-corrected chi connectivity index (χ4v) is 4.25. The molecule has 0 N–H and O–H groups in total. The Hall–Kier alpha value is -4.23. The summed E-state index contributed by atoms with van der Waals surface area (Å²) in [7, 11) is 1.49. The van der Waals surface area contributed by atoms with Crippen molar-refractivity contribution in [1.29, 1.82) is 0 Å². The molecule has 0 saturated heterocycles. The average molecular weight is 455 g/mol. The van der Waals surface area contributed by atoms with Crippen LogP contribution < -0.4 is 15.1 Å². The van der Waals surface area contributed by atoms with E-state index in [1.54, 1.807) is 42.5 Å². The lowest BCUT2D eigenvalue weighted by Gasteiger charge is -2.08. The van der Waals surface area contributed by atoms with Crippen molar-refractivity contribution in [1.82, 2.24) is 4.98 Å². The molecular formula is C26H17NO5S. The molecular weight excluding hydrogens is 438 g/mol. The highest BCUT2D eigenvalue weighted by Crippen LogP contribution is 2.30. The van der Waals surface area contributed by atoms with E-state index in [1.807, 2.05) is 35.7 Å². The van der Waals surface area contributed by atoms with Crippen molar-refractivity contribution >= 4 is 28.3 Å². The van der Waals surface area contributed by atoms with Crippen LogP contribution >= 0.6 is 11.3 Å². The molecule has 0 fully saturated rings. The number of carbonyl (C=O) groups excluding carboxylic acids is 1. The lowest BCUT2D eigenvalue weighted by molar-refractivity contribution is 0.0731. The number of thiazole rings is 1. The molecule has 7 heteroatoms. The van der Waals surface area contributed by atoms with Crippen molar-refractivity contribution in [3.05, 3.63) is 100 Å². The van der Waals surface area contributed by atoms with Gasteiger partial charge in [0.15, 0.2) is 0 Å². The first-order valence-corrected chi connectivity index (χ1v) is 10.9. The van der Waals surface area contributed by atoms with Gasteiger partial charge in [-0.15, -0.1) is 11.3 Å². The van der Waals surface area contributed by atoms with E-state index in [2.05, 4.69) is 4.98 Å². The summed E-state index contributed by atoms with van der Waals surface area (Å²) in [6.45, 7) is 0.